The maximum absolute atomic E-state index is 12.1. The van der Waals surface area contributed by atoms with Crippen LogP contribution in [-0.2, 0) is 21.2 Å². The lowest BCUT2D eigenvalue weighted by atomic mass is 10.2. The van der Waals surface area contributed by atoms with E-state index in [1.165, 1.54) is 4.31 Å². The molecule has 0 aliphatic heterocycles. The van der Waals surface area contributed by atoms with Gasteiger partial charge in [-0.05, 0) is 12.0 Å². The Labute approximate surface area is 113 Å². The van der Waals surface area contributed by atoms with Crippen LogP contribution in [0.5, 0.6) is 0 Å². The molecule has 0 saturated carbocycles. The van der Waals surface area contributed by atoms with Gasteiger partial charge < -0.3 is 5.11 Å². The fourth-order valence-electron chi connectivity index (χ4n) is 1.73. The van der Waals surface area contributed by atoms with Crippen molar-refractivity contribution < 1.29 is 18.3 Å². The lowest BCUT2D eigenvalue weighted by molar-refractivity contribution is -0.137. The van der Waals surface area contributed by atoms with E-state index in [0.29, 0.717) is 13.0 Å². The first-order chi connectivity index (χ1) is 8.95. The zero-order valence-electron chi connectivity index (χ0n) is 10.9. The summed E-state index contributed by atoms with van der Waals surface area (Å²) in [6.45, 7) is 2.04. The van der Waals surface area contributed by atoms with Crippen LogP contribution in [0, 0.1) is 0 Å². The standard InChI is InChI=1S/C13H19NO4S/c1-2-14(10-8-13(15)16)19(17,18)11-9-12-6-4-3-5-7-12/h3-7H,2,8-11H2,1H3,(H,15,16). The predicted octanol–water partition coefficient (Wildman–Crippen LogP) is 1.36. The Kier molecular flexibility index (Phi) is 5.98. The third-order valence-corrected chi connectivity index (χ3v) is 4.76. The quantitative estimate of drug-likeness (QED) is 0.782. The molecule has 1 rings (SSSR count). The van der Waals surface area contributed by atoms with Crippen LogP contribution in [0.1, 0.15) is 18.9 Å². The Hall–Kier alpha value is -1.40. The number of carbonyl (C=O) groups is 1. The number of carboxylic acid groups (broad SMARTS) is 1. The molecule has 0 atom stereocenters. The number of hydrogen-bond acceptors (Lipinski definition) is 3. The Bertz CT molecular complexity index is 499. The van der Waals surface area contributed by atoms with Crippen molar-refractivity contribution in [2.45, 2.75) is 19.8 Å². The minimum absolute atomic E-state index is 0.00444. The van der Waals surface area contributed by atoms with Gasteiger partial charge in [-0.25, -0.2) is 12.7 Å². The minimum Gasteiger partial charge on any atom is -0.481 e. The molecule has 5 nitrogen and oxygen atoms in total. The monoisotopic (exact) mass is 285 g/mol. The summed E-state index contributed by atoms with van der Waals surface area (Å²) in [6.07, 6.45) is 0.269. The van der Waals surface area contributed by atoms with Crippen LogP contribution in [0.15, 0.2) is 30.3 Å². The Balaban J connectivity index is 2.60. The van der Waals surface area contributed by atoms with Crippen LogP contribution in [0.2, 0.25) is 0 Å². The molecule has 1 N–H and O–H groups in total. The van der Waals surface area contributed by atoms with Crippen molar-refractivity contribution in [3.05, 3.63) is 35.9 Å². The molecule has 19 heavy (non-hydrogen) atoms. The average Bonchev–Trinajstić information content (AvgIpc) is 2.38. The number of aryl methyl sites for hydroxylation is 1. The van der Waals surface area contributed by atoms with Crippen molar-refractivity contribution in [2.75, 3.05) is 18.8 Å². The minimum atomic E-state index is -3.40. The first-order valence-corrected chi connectivity index (χ1v) is 7.80. The molecule has 0 radical (unpaired) electrons. The highest BCUT2D eigenvalue weighted by molar-refractivity contribution is 7.89. The second-order valence-electron chi connectivity index (χ2n) is 4.19. The van der Waals surface area contributed by atoms with E-state index in [1.807, 2.05) is 30.3 Å². The molecule has 0 fully saturated rings. The van der Waals surface area contributed by atoms with E-state index in [-0.39, 0.29) is 18.7 Å². The molecule has 1 aromatic rings. The molecule has 0 heterocycles. The van der Waals surface area contributed by atoms with Gasteiger partial charge in [-0.2, -0.15) is 0 Å². The van der Waals surface area contributed by atoms with E-state index >= 15 is 0 Å². The molecule has 0 bridgehead atoms. The van der Waals surface area contributed by atoms with Crippen molar-refractivity contribution in [2.24, 2.45) is 0 Å². The van der Waals surface area contributed by atoms with Gasteiger partial charge in [0.25, 0.3) is 0 Å². The maximum Gasteiger partial charge on any atom is 0.304 e. The van der Waals surface area contributed by atoms with E-state index in [1.54, 1.807) is 6.92 Å². The van der Waals surface area contributed by atoms with Crippen molar-refractivity contribution in [3.63, 3.8) is 0 Å². The zero-order valence-corrected chi connectivity index (χ0v) is 11.8. The molecule has 106 valence electrons. The molecule has 0 aliphatic rings. The number of hydrogen-bond donors (Lipinski definition) is 1. The fourth-order valence-corrected chi connectivity index (χ4v) is 3.25. The van der Waals surface area contributed by atoms with E-state index < -0.39 is 16.0 Å². The number of carboxylic acids is 1. The second kappa shape index (κ2) is 7.25. The topological polar surface area (TPSA) is 74.7 Å². The predicted molar refractivity (Wildman–Crippen MR) is 73.4 cm³/mol. The molecular weight excluding hydrogens is 266 g/mol. The molecule has 0 unspecified atom stereocenters. The second-order valence-corrected chi connectivity index (χ2v) is 6.28. The SMILES string of the molecule is CCN(CCC(=O)O)S(=O)(=O)CCc1ccccc1. The zero-order chi connectivity index (χ0) is 14.3. The molecule has 0 spiro atoms. The Morgan fingerprint density at radius 3 is 2.42 bits per heavy atom. The van der Waals surface area contributed by atoms with Gasteiger partial charge in [-0.15, -0.1) is 0 Å². The van der Waals surface area contributed by atoms with Gasteiger partial charge in [0.2, 0.25) is 10.0 Å². The van der Waals surface area contributed by atoms with Gasteiger partial charge in [0.1, 0.15) is 0 Å². The average molecular weight is 285 g/mol. The summed E-state index contributed by atoms with van der Waals surface area (Å²) in [5.41, 5.74) is 0.959. The third-order valence-electron chi connectivity index (χ3n) is 2.81. The summed E-state index contributed by atoms with van der Waals surface area (Å²) in [5, 5.41) is 8.61. The van der Waals surface area contributed by atoms with Crippen molar-refractivity contribution >= 4 is 16.0 Å². The number of rotatable bonds is 8. The van der Waals surface area contributed by atoms with Crippen LogP contribution in [-0.4, -0.2) is 42.6 Å². The summed E-state index contributed by atoms with van der Waals surface area (Å²) in [4.78, 5) is 10.5. The summed E-state index contributed by atoms with van der Waals surface area (Å²) in [7, 11) is -3.40. The largest absolute Gasteiger partial charge is 0.481 e. The van der Waals surface area contributed by atoms with Gasteiger partial charge in [-0.1, -0.05) is 37.3 Å². The molecular formula is C13H19NO4S. The number of aliphatic carboxylic acids is 1. The van der Waals surface area contributed by atoms with Crippen molar-refractivity contribution in [3.8, 4) is 0 Å². The highest BCUT2D eigenvalue weighted by Gasteiger charge is 2.20. The number of nitrogens with zero attached hydrogens (tertiary/aromatic N) is 1. The van der Waals surface area contributed by atoms with Crippen LogP contribution < -0.4 is 0 Å². The number of sulfonamides is 1. The lowest BCUT2D eigenvalue weighted by Crippen LogP contribution is -2.35. The summed E-state index contributed by atoms with van der Waals surface area (Å²) < 4.78 is 25.4. The fraction of sp³-hybridized carbons (Fsp3) is 0.462. The summed E-state index contributed by atoms with van der Waals surface area (Å²) >= 11 is 0. The van der Waals surface area contributed by atoms with Crippen LogP contribution in [0.4, 0.5) is 0 Å². The van der Waals surface area contributed by atoms with Crippen LogP contribution >= 0.6 is 0 Å². The van der Waals surface area contributed by atoms with E-state index in [2.05, 4.69) is 0 Å². The molecule has 1 aromatic carbocycles. The molecule has 0 saturated heterocycles. The third kappa shape index (κ3) is 5.40. The van der Waals surface area contributed by atoms with E-state index in [4.69, 9.17) is 5.11 Å². The van der Waals surface area contributed by atoms with Crippen molar-refractivity contribution in [1.82, 2.24) is 4.31 Å². The van der Waals surface area contributed by atoms with E-state index in [9.17, 15) is 13.2 Å². The highest BCUT2D eigenvalue weighted by Crippen LogP contribution is 2.07. The van der Waals surface area contributed by atoms with Gasteiger partial charge in [0, 0.05) is 13.1 Å². The molecule has 0 aromatic heterocycles. The maximum atomic E-state index is 12.1. The van der Waals surface area contributed by atoms with Gasteiger partial charge in [0.15, 0.2) is 0 Å². The van der Waals surface area contributed by atoms with Gasteiger partial charge in [0.05, 0.1) is 12.2 Å². The molecule has 6 heteroatoms. The first-order valence-electron chi connectivity index (χ1n) is 6.19. The van der Waals surface area contributed by atoms with Crippen molar-refractivity contribution in [1.29, 1.82) is 0 Å². The van der Waals surface area contributed by atoms with E-state index in [0.717, 1.165) is 5.56 Å². The van der Waals surface area contributed by atoms with Crippen LogP contribution in [0.3, 0.4) is 0 Å². The van der Waals surface area contributed by atoms with Crippen LogP contribution in [0.25, 0.3) is 0 Å². The number of benzene rings is 1. The van der Waals surface area contributed by atoms with Gasteiger partial charge >= 0.3 is 5.97 Å². The Morgan fingerprint density at radius 1 is 1.26 bits per heavy atom. The lowest BCUT2D eigenvalue weighted by Gasteiger charge is -2.19. The normalized spacial score (nSPS) is 11.7. The summed E-state index contributed by atoms with van der Waals surface area (Å²) in [5.74, 6) is -0.985. The highest BCUT2D eigenvalue weighted by atomic mass is 32.2. The Morgan fingerprint density at radius 2 is 1.89 bits per heavy atom. The summed E-state index contributed by atoms with van der Waals surface area (Å²) in [6, 6.07) is 9.36. The van der Waals surface area contributed by atoms with Gasteiger partial charge in [-0.3, -0.25) is 4.79 Å². The first kappa shape index (κ1) is 15.7. The molecule has 0 aliphatic carbocycles. The molecule has 0 amide bonds. The smallest absolute Gasteiger partial charge is 0.304 e.